The fraction of sp³-hybridized carbons (Fsp3) is 0.562. The first-order valence-corrected chi connectivity index (χ1v) is 7.18. The van der Waals surface area contributed by atoms with E-state index in [0.29, 0.717) is 19.0 Å². The van der Waals surface area contributed by atoms with Crippen LogP contribution in [-0.4, -0.2) is 24.6 Å². The third kappa shape index (κ3) is 3.31. The van der Waals surface area contributed by atoms with Crippen LogP contribution in [0.5, 0.6) is 5.75 Å². The summed E-state index contributed by atoms with van der Waals surface area (Å²) < 4.78 is 5.94. The molecule has 2 rings (SSSR count). The van der Waals surface area contributed by atoms with E-state index in [-0.39, 0.29) is 17.6 Å². The van der Waals surface area contributed by atoms with Gasteiger partial charge in [-0.25, -0.2) is 0 Å². The van der Waals surface area contributed by atoms with Gasteiger partial charge in [-0.1, -0.05) is 32.0 Å². The molecule has 0 radical (unpaired) electrons. The van der Waals surface area contributed by atoms with Gasteiger partial charge in [-0.15, -0.1) is 0 Å². The maximum atomic E-state index is 11.8. The number of fused-ring (bicyclic) bond motifs is 1. The van der Waals surface area contributed by atoms with Gasteiger partial charge in [0.1, 0.15) is 11.4 Å². The number of hydrogen-bond donors (Lipinski definition) is 2. The zero-order valence-electron chi connectivity index (χ0n) is 12.7. The van der Waals surface area contributed by atoms with Crippen LogP contribution in [0, 0.1) is 5.92 Å². The van der Waals surface area contributed by atoms with E-state index in [2.05, 4.69) is 24.5 Å². The van der Waals surface area contributed by atoms with Crippen molar-refractivity contribution in [3.05, 3.63) is 29.8 Å². The van der Waals surface area contributed by atoms with E-state index in [1.54, 1.807) is 0 Å². The van der Waals surface area contributed by atoms with Crippen molar-refractivity contribution in [2.75, 3.05) is 13.1 Å². The predicted molar refractivity (Wildman–Crippen MR) is 79.7 cm³/mol. The van der Waals surface area contributed by atoms with Crippen molar-refractivity contribution in [3.63, 3.8) is 0 Å². The Morgan fingerprint density at radius 3 is 2.75 bits per heavy atom. The second kappa shape index (κ2) is 5.83. The molecule has 1 aliphatic rings. The zero-order valence-corrected chi connectivity index (χ0v) is 12.7. The van der Waals surface area contributed by atoms with Crippen LogP contribution in [0.4, 0.5) is 0 Å². The zero-order chi connectivity index (χ0) is 14.8. The van der Waals surface area contributed by atoms with Crippen molar-refractivity contribution in [1.29, 1.82) is 0 Å². The monoisotopic (exact) mass is 276 g/mol. The SMILES string of the molecule is CC(C)CNC(=O)CNC1c2ccccc2OC1(C)C. The molecule has 4 nitrogen and oxygen atoms in total. The molecule has 0 aliphatic carbocycles. The molecule has 1 aliphatic heterocycles. The van der Waals surface area contributed by atoms with Gasteiger partial charge in [-0.05, 0) is 25.8 Å². The molecular weight excluding hydrogens is 252 g/mol. The molecule has 0 bridgehead atoms. The molecule has 4 heteroatoms. The highest BCUT2D eigenvalue weighted by Gasteiger charge is 2.40. The van der Waals surface area contributed by atoms with E-state index in [0.717, 1.165) is 11.3 Å². The van der Waals surface area contributed by atoms with Gasteiger partial charge < -0.3 is 10.1 Å². The Morgan fingerprint density at radius 1 is 1.35 bits per heavy atom. The standard InChI is InChI=1S/C16H24N2O2/c1-11(2)9-17-14(19)10-18-15-12-7-5-6-8-13(12)20-16(15,3)4/h5-8,11,15,18H,9-10H2,1-4H3,(H,17,19). The van der Waals surface area contributed by atoms with Gasteiger partial charge >= 0.3 is 0 Å². The topological polar surface area (TPSA) is 50.4 Å². The molecule has 0 spiro atoms. The highest BCUT2D eigenvalue weighted by molar-refractivity contribution is 5.78. The minimum Gasteiger partial charge on any atom is -0.486 e. The Balaban J connectivity index is 1.96. The molecule has 0 aromatic heterocycles. The normalized spacial score (nSPS) is 19.6. The summed E-state index contributed by atoms with van der Waals surface area (Å²) in [5.74, 6) is 1.39. The van der Waals surface area contributed by atoms with Crippen molar-refractivity contribution in [3.8, 4) is 5.75 Å². The van der Waals surface area contributed by atoms with Crippen molar-refractivity contribution >= 4 is 5.91 Å². The minimum atomic E-state index is -0.345. The van der Waals surface area contributed by atoms with Crippen LogP contribution in [0.2, 0.25) is 0 Å². The maximum absolute atomic E-state index is 11.8. The molecule has 1 unspecified atom stereocenters. The van der Waals surface area contributed by atoms with Gasteiger partial charge in [0.15, 0.2) is 0 Å². The highest BCUT2D eigenvalue weighted by atomic mass is 16.5. The van der Waals surface area contributed by atoms with Crippen LogP contribution in [0.15, 0.2) is 24.3 Å². The van der Waals surface area contributed by atoms with Crippen molar-refractivity contribution in [2.24, 2.45) is 5.92 Å². The maximum Gasteiger partial charge on any atom is 0.233 e. The second-order valence-corrected chi connectivity index (χ2v) is 6.26. The van der Waals surface area contributed by atoms with Crippen LogP contribution in [0.1, 0.15) is 39.3 Å². The summed E-state index contributed by atoms with van der Waals surface area (Å²) in [6.45, 7) is 9.25. The Hall–Kier alpha value is -1.55. The molecular formula is C16H24N2O2. The first-order valence-electron chi connectivity index (χ1n) is 7.18. The molecule has 1 amide bonds. The number of hydrogen-bond acceptors (Lipinski definition) is 3. The number of rotatable bonds is 5. The summed E-state index contributed by atoms with van der Waals surface area (Å²) in [5.41, 5.74) is 0.774. The van der Waals surface area contributed by atoms with Crippen molar-refractivity contribution < 1.29 is 9.53 Å². The van der Waals surface area contributed by atoms with Crippen LogP contribution >= 0.6 is 0 Å². The summed E-state index contributed by atoms with van der Waals surface area (Å²) in [6, 6.07) is 8.01. The predicted octanol–water partition coefficient (Wildman–Crippen LogP) is 2.26. The Labute approximate surface area is 120 Å². The smallest absolute Gasteiger partial charge is 0.233 e. The van der Waals surface area contributed by atoms with Crippen LogP contribution in [-0.2, 0) is 4.79 Å². The molecule has 0 saturated heterocycles. The largest absolute Gasteiger partial charge is 0.486 e. The van der Waals surface area contributed by atoms with Crippen molar-refractivity contribution in [2.45, 2.75) is 39.3 Å². The third-order valence-electron chi connectivity index (χ3n) is 3.47. The molecule has 110 valence electrons. The lowest BCUT2D eigenvalue weighted by molar-refractivity contribution is -0.120. The van der Waals surface area contributed by atoms with E-state index < -0.39 is 0 Å². The van der Waals surface area contributed by atoms with Crippen LogP contribution in [0.3, 0.4) is 0 Å². The quantitative estimate of drug-likeness (QED) is 0.867. The van der Waals surface area contributed by atoms with Gasteiger partial charge in [0.05, 0.1) is 12.6 Å². The fourth-order valence-electron chi connectivity index (χ4n) is 2.46. The average molecular weight is 276 g/mol. The summed E-state index contributed by atoms with van der Waals surface area (Å²) in [5, 5.41) is 6.23. The number of ether oxygens (including phenoxy) is 1. The molecule has 0 saturated carbocycles. The summed E-state index contributed by atoms with van der Waals surface area (Å²) in [6.07, 6.45) is 0. The number of carbonyl (C=O) groups excluding carboxylic acids is 1. The van der Waals surface area contributed by atoms with Crippen LogP contribution < -0.4 is 15.4 Å². The summed E-state index contributed by atoms with van der Waals surface area (Å²) in [4.78, 5) is 11.8. The van der Waals surface area contributed by atoms with E-state index in [9.17, 15) is 4.79 Å². The minimum absolute atomic E-state index is 0.0267. The Bertz CT molecular complexity index is 483. The molecule has 2 N–H and O–H groups in total. The fourth-order valence-corrected chi connectivity index (χ4v) is 2.46. The molecule has 1 heterocycles. The lowest BCUT2D eigenvalue weighted by Crippen LogP contribution is -2.44. The first-order chi connectivity index (χ1) is 9.40. The third-order valence-corrected chi connectivity index (χ3v) is 3.47. The lowest BCUT2D eigenvalue weighted by Gasteiger charge is -2.27. The van der Waals surface area contributed by atoms with Crippen molar-refractivity contribution in [1.82, 2.24) is 10.6 Å². The van der Waals surface area contributed by atoms with Gasteiger partial charge in [-0.2, -0.15) is 0 Å². The number of carbonyl (C=O) groups is 1. The lowest BCUT2D eigenvalue weighted by atomic mass is 9.94. The number of benzene rings is 1. The Morgan fingerprint density at radius 2 is 2.05 bits per heavy atom. The number of para-hydroxylation sites is 1. The molecule has 1 aromatic rings. The number of amides is 1. The Kier molecular flexibility index (Phi) is 4.33. The van der Waals surface area contributed by atoms with Gasteiger partial charge in [0.2, 0.25) is 5.91 Å². The van der Waals surface area contributed by atoms with Crippen LogP contribution in [0.25, 0.3) is 0 Å². The molecule has 1 aromatic carbocycles. The van der Waals surface area contributed by atoms with Gasteiger partial charge in [-0.3, -0.25) is 10.1 Å². The van der Waals surface area contributed by atoms with E-state index in [1.807, 2.05) is 38.1 Å². The molecule has 0 fully saturated rings. The average Bonchev–Trinajstić information content (AvgIpc) is 2.63. The van der Waals surface area contributed by atoms with E-state index in [4.69, 9.17) is 4.74 Å². The highest BCUT2D eigenvalue weighted by Crippen LogP contribution is 2.42. The molecule has 20 heavy (non-hydrogen) atoms. The van der Waals surface area contributed by atoms with Gasteiger partial charge in [0, 0.05) is 12.1 Å². The van der Waals surface area contributed by atoms with E-state index >= 15 is 0 Å². The first kappa shape index (κ1) is 14.9. The summed E-state index contributed by atoms with van der Waals surface area (Å²) in [7, 11) is 0. The number of nitrogens with one attached hydrogen (secondary N) is 2. The van der Waals surface area contributed by atoms with E-state index in [1.165, 1.54) is 0 Å². The second-order valence-electron chi connectivity index (χ2n) is 6.26. The molecule has 1 atom stereocenters. The summed E-state index contributed by atoms with van der Waals surface area (Å²) >= 11 is 0. The van der Waals surface area contributed by atoms with Gasteiger partial charge in [0.25, 0.3) is 0 Å².